The molecule has 0 unspecified atom stereocenters. The van der Waals surface area contributed by atoms with Gasteiger partial charge in [0.1, 0.15) is 0 Å². The van der Waals surface area contributed by atoms with Gasteiger partial charge in [0.2, 0.25) is 0 Å². The Balaban J connectivity index is 1.10. The molecule has 3 aliphatic rings. The first-order valence-electron chi connectivity index (χ1n) is 20.5. The zero-order chi connectivity index (χ0) is 39.6. The van der Waals surface area contributed by atoms with Crippen molar-refractivity contribution in [1.82, 2.24) is 15.0 Å². The number of fused-ring (bicyclic) bond motifs is 10. The lowest BCUT2D eigenvalue weighted by Crippen LogP contribution is -2.32. The summed E-state index contributed by atoms with van der Waals surface area (Å²) in [5.41, 5.74) is 17.1. The second-order valence-corrected chi connectivity index (χ2v) is 16.7. The summed E-state index contributed by atoms with van der Waals surface area (Å²) < 4.78 is 0. The van der Waals surface area contributed by atoms with E-state index in [-0.39, 0.29) is 0 Å². The molecule has 60 heavy (non-hydrogen) atoms. The summed E-state index contributed by atoms with van der Waals surface area (Å²) >= 11 is 1.85. The highest BCUT2D eigenvalue weighted by Gasteiger charge is 2.50. The molecule has 0 saturated heterocycles. The van der Waals surface area contributed by atoms with E-state index in [0.29, 0.717) is 17.5 Å². The highest BCUT2D eigenvalue weighted by molar-refractivity contribution is 7.99. The molecule has 3 heterocycles. The molecule has 0 bridgehead atoms. The molecule has 8 aromatic carbocycles. The molecule has 5 heteroatoms. The molecule has 0 saturated carbocycles. The Bertz CT molecular complexity index is 3070. The summed E-state index contributed by atoms with van der Waals surface area (Å²) in [6, 6.07) is 67.6. The van der Waals surface area contributed by atoms with Gasteiger partial charge in [-0.1, -0.05) is 176 Å². The van der Waals surface area contributed by atoms with Gasteiger partial charge < -0.3 is 0 Å². The van der Waals surface area contributed by atoms with Crippen LogP contribution < -0.4 is 0 Å². The minimum absolute atomic E-state index is 0.597. The van der Waals surface area contributed by atoms with Crippen molar-refractivity contribution in [3.8, 4) is 67.5 Å². The van der Waals surface area contributed by atoms with Crippen molar-refractivity contribution in [2.24, 2.45) is 4.99 Å². The molecule has 1 spiro atoms. The van der Waals surface area contributed by atoms with Crippen molar-refractivity contribution < 1.29 is 0 Å². The third-order valence-electron chi connectivity index (χ3n) is 12.3. The fourth-order valence-corrected chi connectivity index (χ4v) is 10.8. The van der Waals surface area contributed by atoms with Gasteiger partial charge in [0.25, 0.3) is 0 Å². The van der Waals surface area contributed by atoms with Gasteiger partial charge >= 0.3 is 0 Å². The molecule has 0 radical (unpaired) electrons. The van der Waals surface area contributed by atoms with Gasteiger partial charge in [-0.15, -0.1) is 0 Å². The van der Waals surface area contributed by atoms with Crippen LogP contribution >= 0.6 is 11.8 Å². The zero-order valence-electron chi connectivity index (χ0n) is 32.6. The molecule has 1 aromatic heterocycles. The van der Waals surface area contributed by atoms with E-state index in [2.05, 4.69) is 158 Å². The molecule has 1 aliphatic carbocycles. The van der Waals surface area contributed by atoms with Gasteiger partial charge in [-0.2, -0.15) is 0 Å². The predicted octanol–water partition coefficient (Wildman–Crippen LogP) is 13.7. The van der Waals surface area contributed by atoms with Crippen LogP contribution in [0.3, 0.4) is 0 Å². The molecule has 0 N–H and O–H groups in total. The highest BCUT2D eigenvalue weighted by Crippen LogP contribution is 2.63. The third-order valence-corrected chi connectivity index (χ3v) is 13.5. The first kappa shape index (κ1) is 34.8. The molecule has 0 amide bonds. The molecule has 4 nitrogen and oxygen atoms in total. The lowest BCUT2D eigenvalue weighted by atomic mass is 9.66. The Morgan fingerprint density at radius 2 is 0.867 bits per heavy atom. The fourth-order valence-electron chi connectivity index (χ4n) is 9.67. The van der Waals surface area contributed by atoms with Crippen molar-refractivity contribution in [1.29, 1.82) is 0 Å². The summed E-state index contributed by atoms with van der Waals surface area (Å²) in [7, 11) is 0. The van der Waals surface area contributed by atoms with Gasteiger partial charge in [-0.05, 0) is 92.7 Å². The Labute approximate surface area is 353 Å². The SMILES string of the molecule is C1=Nc2c(-c3ccc4c(c3)C3(c5cc(-c6nc(-c7ccccc7)nc(-c7ccccc7)n6)ccc5S4)c4ccccc4-c4ccccc43)ccc(-c3ccccc3)c2CC1. The number of aliphatic imine (C=N–C) groups is 1. The highest BCUT2D eigenvalue weighted by atomic mass is 32.2. The number of nitrogens with zero attached hydrogens (tertiary/aromatic N) is 4. The fraction of sp³-hybridized carbons (Fsp3) is 0.0545. The first-order valence-corrected chi connectivity index (χ1v) is 21.3. The minimum Gasteiger partial charge on any atom is -0.260 e. The molecule has 0 fully saturated rings. The van der Waals surface area contributed by atoms with Crippen LogP contribution in [0.2, 0.25) is 0 Å². The topological polar surface area (TPSA) is 51.0 Å². The zero-order valence-corrected chi connectivity index (χ0v) is 33.4. The van der Waals surface area contributed by atoms with E-state index >= 15 is 0 Å². The smallest absolute Gasteiger partial charge is 0.164 e. The van der Waals surface area contributed by atoms with Crippen molar-refractivity contribution in [3.63, 3.8) is 0 Å². The quantitative estimate of drug-likeness (QED) is 0.174. The van der Waals surface area contributed by atoms with Crippen LogP contribution in [0.5, 0.6) is 0 Å². The van der Waals surface area contributed by atoms with Crippen LogP contribution in [0, 0.1) is 0 Å². The van der Waals surface area contributed by atoms with E-state index < -0.39 is 5.41 Å². The number of rotatable bonds is 5. The molecular formula is C55H36N4S. The number of hydrogen-bond donors (Lipinski definition) is 0. The summed E-state index contributed by atoms with van der Waals surface area (Å²) in [6.07, 6.45) is 3.99. The molecule has 2 aliphatic heterocycles. The Morgan fingerprint density at radius 1 is 0.383 bits per heavy atom. The van der Waals surface area contributed by atoms with Gasteiger partial charge in [-0.25, -0.2) is 15.0 Å². The number of aromatic nitrogens is 3. The first-order chi connectivity index (χ1) is 29.7. The standard InChI is InChI=1S/C55H36N4S/c1-4-15-35(16-5-1)40-28-29-41(51-44(40)23-14-32-56-51)38-26-30-49-47(33-38)55(45-24-12-10-21-42(45)43-22-11-13-25-46(43)55)48-34-39(27-31-50(48)60-49)54-58-52(36-17-6-2-7-18-36)57-53(59-54)37-19-8-3-9-20-37/h1-13,15-22,24-34H,14,23H2. The molecule has 0 atom stereocenters. The van der Waals surface area contributed by atoms with E-state index in [1.165, 1.54) is 65.4 Å². The maximum absolute atomic E-state index is 5.18. The predicted molar refractivity (Wildman–Crippen MR) is 245 cm³/mol. The second kappa shape index (κ2) is 14.0. The van der Waals surface area contributed by atoms with Crippen LogP contribution in [-0.2, 0) is 11.8 Å². The van der Waals surface area contributed by atoms with E-state index in [1.807, 2.05) is 48.2 Å². The van der Waals surface area contributed by atoms with Crippen LogP contribution in [-0.4, -0.2) is 21.2 Å². The third kappa shape index (κ3) is 5.39. The van der Waals surface area contributed by atoms with Crippen molar-refractivity contribution >= 4 is 23.7 Å². The summed E-state index contributed by atoms with van der Waals surface area (Å²) in [5, 5.41) is 0. The van der Waals surface area contributed by atoms with E-state index in [1.54, 1.807) is 0 Å². The molecular weight excluding hydrogens is 749 g/mol. The molecule has 9 aromatic rings. The summed E-state index contributed by atoms with van der Waals surface area (Å²) in [5.74, 6) is 1.95. The van der Waals surface area contributed by atoms with E-state index in [9.17, 15) is 0 Å². The van der Waals surface area contributed by atoms with Crippen LogP contribution in [0.4, 0.5) is 5.69 Å². The Morgan fingerprint density at radius 3 is 1.47 bits per heavy atom. The lowest BCUT2D eigenvalue weighted by Gasteiger charge is -2.40. The molecule has 282 valence electrons. The average Bonchev–Trinajstić information content (AvgIpc) is 3.62. The van der Waals surface area contributed by atoms with E-state index in [4.69, 9.17) is 19.9 Å². The largest absolute Gasteiger partial charge is 0.260 e. The van der Waals surface area contributed by atoms with Crippen LogP contribution in [0.15, 0.2) is 203 Å². The van der Waals surface area contributed by atoms with Gasteiger partial charge in [0, 0.05) is 38.3 Å². The van der Waals surface area contributed by atoms with Crippen molar-refractivity contribution in [2.75, 3.05) is 0 Å². The number of hydrogen-bond acceptors (Lipinski definition) is 5. The van der Waals surface area contributed by atoms with E-state index in [0.717, 1.165) is 40.8 Å². The van der Waals surface area contributed by atoms with Gasteiger partial charge in [0.05, 0.1) is 11.1 Å². The number of benzene rings is 8. The summed E-state index contributed by atoms with van der Waals surface area (Å²) in [6.45, 7) is 0. The van der Waals surface area contributed by atoms with Crippen LogP contribution in [0.1, 0.15) is 34.2 Å². The van der Waals surface area contributed by atoms with Crippen molar-refractivity contribution in [2.45, 2.75) is 28.0 Å². The van der Waals surface area contributed by atoms with Gasteiger partial charge in [0.15, 0.2) is 17.5 Å². The summed E-state index contributed by atoms with van der Waals surface area (Å²) in [4.78, 5) is 22.9. The normalized spacial score (nSPS) is 13.9. The van der Waals surface area contributed by atoms with Crippen molar-refractivity contribution in [3.05, 3.63) is 216 Å². The van der Waals surface area contributed by atoms with Crippen LogP contribution in [0.25, 0.3) is 67.5 Å². The maximum Gasteiger partial charge on any atom is 0.164 e. The average molecular weight is 785 g/mol. The monoisotopic (exact) mass is 784 g/mol. The Kier molecular flexibility index (Phi) is 8.10. The molecule has 12 rings (SSSR count). The minimum atomic E-state index is -0.597. The Hall–Kier alpha value is -7.21. The second-order valence-electron chi connectivity index (χ2n) is 15.6. The maximum atomic E-state index is 5.18. The lowest BCUT2D eigenvalue weighted by molar-refractivity contribution is 0.723. The van der Waals surface area contributed by atoms with Gasteiger partial charge in [-0.3, -0.25) is 4.99 Å².